The van der Waals surface area contributed by atoms with Crippen LogP contribution in [-0.2, 0) is 42.9 Å². The van der Waals surface area contributed by atoms with Crippen molar-refractivity contribution in [3.63, 3.8) is 0 Å². The average Bonchev–Trinajstić information content (AvgIpc) is 3.32. The molecule has 0 saturated carbocycles. The van der Waals surface area contributed by atoms with Gasteiger partial charge >= 0.3 is 11.9 Å². The summed E-state index contributed by atoms with van der Waals surface area (Å²) in [5.41, 5.74) is 0. The largest absolute Gasteiger partial charge is 0.462 e. The number of aliphatic hydroxyl groups excluding tert-OH is 6. The molecule has 67 heavy (non-hydrogen) atoms. The fraction of sp³-hybridized carbons (Fsp3) is 0.961. The number of aliphatic hydroxyl groups is 6. The van der Waals surface area contributed by atoms with Gasteiger partial charge in [-0.05, 0) is 12.8 Å². The molecule has 0 spiro atoms. The molecule has 0 aromatic rings. The molecule has 11 atom stereocenters. The third-order valence-corrected chi connectivity index (χ3v) is 13.2. The quantitative estimate of drug-likeness (QED) is 0.0132. The molecular weight excluding hydrogens is 869 g/mol. The van der Waals surface area contributed by atoms with Gasteiger partial charge in [0.15, 0.2) is 24.8 Å². The van der Waals surface area contributed by atoms with Crippen LogP contribution in [0.4, 0.5) is 0 Å². The van der Waals surface area contributed by atoms with Gasteiger partial charge in [-0.1, -0.05) is 194 Å². The molecule has 0 aromatic heterocycles. The number of esters is 2. The molecule has 2 heterocycles. The van der Waals surface area contributed by atoms with Crippen LogP contribution < -0.4 is 0 Å². The van der Waals surface area contributed by atoms with E-state index in [9.17, 15) is 45.5 Å². The third-order valence-electron chi connectivity index (χ3n) is 13.2. The predicted octanol–water partition coefficient (Wildman–Crippen LogP) is 8.10. The van der Waals surface area contributed by atoms with E-state index in [1.54, 1.807) is 0 Å². The van der Waals surface area contributed by atoms with Gasteiger partial charge in [0.1, 0.15) is 49.3 Å². The molecule has 2 aliphatic rings. The van der Waals surface area contributed by atoms with Gasteiger partial charge in [0.2, 0.25) is 0 Å². The van der Waals surface area contributed by atoms with Crippen molar-refractivity contribution in [2.45, 2.75) is 287 Å². The first-order chi connectivity index (χ1) is 32.6. The summed E-state index contributed by atoms with van der Waals surface area (Å²) in [7, 11) is 0. The minimum absolute atomic E-state index is 0.159. The molecule has 0 aromatic carbocycles. The maximum Gasteiger partial charge on any atom is 0.306 e. The van der Waals surface area contributed by atoms with E-state index in [4.69, 9.17) is 28.4 Å². The van der Waals surface area contributed by atoms with Crippen LogP contribution in [0.15, 0.2) is 0 Å². The Morgan fingerprint density at radius 1 is 0.463 bits per heavy atom. The van der Waals surface area contributed by atoms with Crippen molar-refractivity contribution in [3.8, 4) is 0 Å². The SMILES string of the molecule is CCCCCCCCCCCCCCCCCC(=O)OC[C@H](CO[C@@H]1O[C@H](CO[C@H]2O[C@H](CO)[C@H](O)[C@H](O)[C@H]2O)[C@H](O)[C@H](O)[C@H]1OO)OC(=O)CCCCCCCCCCCCCCCCC. The van der Waals surface area contributed by atoms with Crippen molar-refractivity contribution >= 4 is 11.9 Å². The molecule has 2 saturated heterocycles. The monoisotopic (exact) mass is 965 g/mol. The van der Waals surface area contributed by atoms with Crippen molar-refractivity contribution in [2.75, 3.05) is 26.4 Å². The zero-order valence-corrected chi connectivity index (χ0v) is 41.6. The van der Waals surface area contributed by atoms with E-state index < -0.39 is 99.3 Å². The maximum absolute atomic E-state index is 13.0. The summed E-state index contributed by atoms with van der Waals surface area (Å²) < 4.78 is 33.8. The van der Waals surface area contributed by atoms with Gasteiger partial charge in [-0.25, -0.2) is 4.89 Å². The van der Waals surface area contributed by atoms with E-state index in [-0.39, 0.29) is 19.4 Å². The van der Waals surface area contributed by atoms with Crippen LogP contribution in [0.5, 0.6) is 0 Å². The second-order valence-electron chi connectivity index (χ2n) is 19.2. The van der Waals surface area contributed by atoms with Crippen LogP contribution in [0.3, 0.4) is 0 Å². The fourth-order valence-corrected chi connectivity index (χ4v) is 8.79. The lowest BCUT2D eigenvalue weighted by Gasteiger charge is -2.43. The number of hydrogen-bond donors (Lipinski definition) is 7. The van der Waals surface area contributed by atoms with E-state index >= 15 is 0 Å². The summed E-state index contributed by atoms with van der Waals surface area (Å²) in [4.78, 5) is 30.3. The molecule has 2 fully saturated rings. The lowest BCUT2D eigenvalue weighted by Crippen LogP contribution is -2.62. The zero-order chi connectivity index (χ0) is 48.9. The molecule has 16 nitrogen and oxygen atoms in total. The molecule has 0 aliphatic carbocycles. The zero-order valence-electron chi connectivity index (χ0n) is 41.6. The summed E-state index contributed by atoms with van der Waals surface area (Å²) in [5, 5.41) is 71.3. The molecule has 16 heteroatoms. The van der Waals surface area contributed by atoms with Gasteiger partial charge < -0.3 is 59.1 Å². The maximum atomic E-state index is 13.0. The second-order valence-corrected chi connectivity index (χ2v) is 19.2. The van der Waals surface area contributed by atoms with E-state index in [2.05, 4.69) is 18.7 Å². The average molecular weight is 965 g/mol. The van der Waals surface area contributed by atoms with Crippen LogP contribution in [0.25, 0.3) is 0 Å². The smallest absolute Gasteiger partial charge is 0.306 e. The van der Waals surface area contributed by atoms with E-state index in [1.807, 2.05) is 0 Å². The highest BCUT2D eigenvalue weighted by Crippen LogP contribution is 2.28. The number of rotatable bonds is 43. The van der Waals surface area contributed by atoms with Gasteiger partial charge in [0, 0.05) is 12.8 Å². The van der Waals surface area contributed by atoms with Gasteiger partial charge in [-0.2, -0.15) is 0 Å². The van der Waals surface area contributed by atoms with Crippen LogP contribution in [0.2, 0.25) is 0 Å². The van der Waals surface area contributed by atoms with Gasteiger partial charge in [-0.15, -0.1) is 0 Å². The number of ether oxygens (including phenoxy) is 6. The number of carbonyl (C=O) groups excluding carboxylic acids is 2. The van der Waals surface area contributed by atoms with Gasteiger partial charge in [0.05, 0.1) is 19.8 Å². The Balaban J connectivity index is 1.82. The van der Waals surface area contributed by atoms with Crippen LogP contribution in [-0.4, -0.2) is 142 Å². The number of unbranched alkanes of at least 4 members (excludes halogenated alkanes) is 28. The Morgan fingerprint density at radius 2 is 0.866 bits per heavy atom. The summed E-state index contributed by atoms with van der Waals surface area (Å²) in [6.45, 7) is 2.55. The first-order valence-electron chi connectivity index (χ1n) is 26.8. The molecule has 396 valence electrons. The summed E-state index contributed by atoms with van der Waals surface area (Å²) in [6.07, 6.45) is 19.5. The highest BCUT2D eigenvalue weighted by Gasteiger charge is 2.49. The first-order valence-corrected chi connectivity index (χ1v) is 26.8. The van der Waals surface area contributed by atoms with E-state index in [0.29, 0.717) is 12.8 Å². The molecule has 2 aliphatic heterocycles. The number of hydrogen-bond acceptors (Lipinski definition) is 16. The summed E-state index contributed by atoms with van der Waals surface area (Å²) in [5.74, 6) is -0.935. The second kappa shape index (κ2) is 40.1. The Hall–Kier alpha value is -1.54. The lowest BCUT2D eigenvalue weighted by atomic mass is 9.98. The molecular formula is C51H96O16. The van der Waals surface area contributed by atoms with Gasteiger partial charge in [-0.3, -0.25) is 14.8 Å². The predicted molar refractivity (Wildman–Crippen MR) is 254 cm³/mol. The Morgan fingerprint density at radius 3 is 1.30 bits per heavy atom. The summed E-state index contributed by atoms with van der Waals surface area (Å²) in [6, 6.07) is 0. The highest BCUT2D eigenvalue weighted by molar-refractivity contribution is 5.70. The van der Waals surface area contributed by atoms with Crippen LogP contribution in [0, 0.1) is 0 Å². The third kappa shape index (κ3) is 27.6. The van der Waals surface area contributed by atoms with Crippen LogP contribution in [0.1, 0.15) is 219 Å². The van der Waals surface area contributed by atoms with Crippen molar-refractivity contribution in [1.29, 1.82) is 0 Å². The van der Waals surface area contributed by atoms with E-state index in [0.717, 1.165) is 38.5 Å². The summed E-state index contributed by atoms with van der Waals surface area (Å²) >= 11 is 0. The Kier molecular flexibility index (Phi) is 36.9. The topological polar surface area (TPSA) is 240 Å². The van der Waals surface area contributed by atoms with Crippen molar-refractivity contribution in [3.05, 3.63) is 0 Å². The first kappa shape index (κ1) is 61.6. The molecule has 2 rings (SSSR count). The highest BCUT2D eigenvalue weighted by atomic mass is 17.1. The minimum Gasteiger partial charge on any atom is -0.462 e. The van der Waals surface area contributed by atoms with Crippen molar-refractivity contribution in [2.24, 2.45) is 0 Å². The Bertz CT molecular complexity index is 1180. The van der Waals surface area contributed by atoms with Crippen molar-refractivity contribution < 1.29 is 78.8 Å². The molecule has 0 radical (unpaired) electrons. The van der Waals surface area contributed by atoms with E-state index in [1.165, 1.54) is 141 Å². The molecule has 0 amide bonds. The molecule has 0 bridgehead atoms. The fourth-order valence-electron chi connectivity index (χ4n) is 8.79. The number of carbonyl (C=O) groups is 2. The normalized spacial score (nSPS) is 25.9. The molecule has 7 N–H and O–H groups in total. The lowest BCUT2D eigenvalue weighted by molar-refractivity contribution is -0.393. The van der Waals surface area contributed by atoms with Crippen molar-refractivity contribution in [1.82, 2.24) is 0 Å². The van der Waals surface area contributed by atoms with Crippen LogP contribution >= 0.6 is 0 Å². The standard InChI is InChI=1S/C51H96O16/c1-3-5-7-9-11-13-15-17-19-21-23-25-27-29-31-33-42(53)61-36-39(64-43(54)34-32-30-28-26-24-22-20-18-16-14-12-10-8-6-4-2)37-62-51-49(67-60)47(58)45(56)41(66-51)38-63-50-48(59)46(57)44(55)40(35-52)65-50/h39-41,44-52,55-60H,3-38H2,1-2H3/t39-,40-,41-,44+,45+,46+,47+,48-,49-,50+,51-/m1/s1. The Labute approximate surface area is 403 Å². The minimum atomic E-state index is -1.77. The van der Waals surface area contributed by atoms with Gasteiger partial charge in [0.25, 0.3) is 0 Å². The molecule has 0 unspecified atom stereocenters.